The minimum absolute atomic E-state index is 0.123. The van der Waals surface area contributed by atoms with Crippen molar-refractivity contribution >= 4 is 0 Å². The van der Waals surface area contributed by atoms with Crippen LogP contribution in [0.15, 0.2) is 24.3 Å². The molecule has 1 N–H and O–H groups in total. The van der Waals surface area contributed by atoms with E-state index in [2.05, 4.69) is 12.2 Å². The Balaban J connectivity index is 1.82. The predicted octanol–water partition coefficient (Wildman–Crippen LogP) is 3.15. The Kier molecular flexibility index (Phi) is 3.94. The van der Waals surface area contributed by atoms with Gasteiger partial charge in [-0.15, -0.1) is 0 Å². The highest BCUT2D eigenvalue weighted by molar-refractivity contribution is 5.16. The number of rotatable bonds is 3. The number of halogens is 1. The van der Waals surface area contributed by atoms with E-state index in [0.29, 0.717) is 6.04 Å². The van der Waals surface area contributed by atoms with E-state index in [1.807, 2.05) is 6.07 Å². The molecule has 0 bridgehead atoms. The number of piperidine rings is 1. The summed E-state index contributed by atoms with van der Waals surface area (Å²) in [7, 11) is 0. The van der Waals surface area contributed by atoms with Gasteiger partial charge in [-0.3, -0.25) is 0 Å². The molecule has 1 nitrogen and oxygen atoms in total. The SMILES string of the molecule is CC1CCNC(CCc2cccc(F)c2)C1. The molecule has 2 unspecified atom stereocenters. The van der Waals surface area contributed by atoms with Gasteiger partial charge in [-0.25, -0.2) is 4.39 Å². The summed E-state index contributed by atoms with van der Waals surface area (Å²) < 4.78 is 13.0. The molecule has 1 heterocycles. The van der Waals surface area contributed by atoms with Crippen LogP contribution >= 0.6 is 0 Å². The van der Waals surface area contributed by atoms with Crippen molar-refractivity contribution < 1.29 is 4.39 Å². The van der Waals surface area contributed by atoms with Crippen LogP contribution in [0.3, 0.4) is 0 Å². The molecule has 0 saturated carbocycles. The molecule has 1 aromatic carbocycles. The minimum atomic E-state index is -0.123. The van der Waals surface area contributed by atoms with Crippen LogP contribution in [0.2, 0.25) is 0 Å². The fourth-order valence-corrected chi connectivity index (χ4v) is 2.47. The molecule has 88 valence electrons. The Morgan fingerprint density at radius 3 is 3.06 bits per heavy atom. The zero-order valence-electron chi connectivity index (χ0n) is 9.88. The summed E-state index contributed by atoms with van der Waals surface area (Å²) in [6, 6.07) is 7.57. The largest absolute Gasteiger partial charge is 0.314 e. The Morgan fingerprint density at radius 1 is 1.44 bits per heavy atom. The quantitative estimate of drug-likeness (QED) is 0.826. The van der Waals surface area contributed by atoms with Gasteiger partial charge in [0.1, 0.15) is 5.82 Å². The lowest BCUT2D eigenvalue weighted by atomic mass is 9.91. The van der Waals surface area contributed by atoms with E-state index in [1.165, 1.54) is 18.9 Å². The maximum atomic E-state index is 13.0. The van der Waals surface area contributed by atoms with Crippen molar-refractivity contribution in [1.82, 2.24) is 5.32 Å². The van der Waals surface area contributed by atoms with E-state index in [0.717, 1.165) is 30.9 Å². The maximum Gasteiger partial charge on any atom is 0.123 e. The first-order valence-electron chi connectivity index (χ1n) is 6.22. The lowest BCUT2D eigenvalue weighted by Crippen LogP contribution is -2.37. The van der Waals surface area contributed by atoms with Crippen LogP contribution < -0.4 is 5.32 Å². The second-order valence-corrected chi connectivity index (χ2v) is 4.95. The smallest absolute Gasteiger partial charge is 0.123 e. The molecule has 0 spiro atoms. The molecule has 2 rings (SSSR count). The number of hydrogen-bond acceptors (Lipinski definition) is 1. The number of hydrogen-bond donors (Lipinski definition) is 1. The second kappa shape index (κ2) is 5.44. The van der Waals surface area contributed by atoms with Gasteiger partial charge < -0.3 is 5.32 Å². The normalized spacial score (nSPS) is 25.6. The minimum Gasteiger partial charge on any atom is -0.314 e. The Bertz CT molecular complexity index is 337. The van der Waals surface area contributed by atoms with Crippen molar-refractivity contribution in [3.63, 3.8) is 0 Å². The highest BCUT2D eigenvalue weighted by Gasteiger charge is 2.17. The molecule has 1 aromatic rings. The van der Waals surface area contributed by atoms with E-state index >= 15 is 0 Å². The average Bonchev–Trinajstić information content (AvgIpc) is 2.27. The molecule has 1 saturated heterocycles. The number of nitrogens with one attached hydrogen (secondary N) is 1. The van der Waals surface area contributed by atoms with Crippen LogP contribution in [-0.2, 0) is 6.42 Å². The molecule has 1 aliphatic rings. The van der Waals surface area contributed by atoms with Crippen molar-refractivity contribution in [2.24, 2.45) is 5.92 Å². The number of aryl methyl sites for hydroxylation is 1. The van der Waals surface area contributed by atoms with Gasteiger partial charge in [0.05, 0.1) is 0 Å². The van der Waals surface area contributed by atoms with Gasteiger partial charge in [0.2, 0.25) is 0 Å². The molecular weight excluding hydrogens is 201 g/mol. The zero-order chi connectivity index (χ0) is 11.4. The van der Waals surface area contributed by atoms with Crippen molar-refractivity contribution in [2.75, 3.05) is 6.54 Å². The van der Waals surface area contributed by atoms with E-state index in [4.69, 9.17) is 0 Å². The van der Waals surface area contributed by atoms with Crippen molar-refractivity contribution in [3.05, 3.63) is 35.6 Å². The van der Waals surface area contributed by atoms with Crippen LogP contribution in [0.4, 0.5) is 4.39 Å². The molecule has 0 aliphatic carbocycles. The molecule has 2 heteroatoms. The van der Waals surface area contributed by atoms with Crippen molar-refractivity contribution in [1.29, 1.82) is 0 Å². The highest BCUT2D eigenvalue weighted by Crippen LogP contribution is 2.18. The van der Waals surface area contributed by atoms with Gasteiger partial charge in [0.25, 0.3) is 0 Å². The van der Waals surface area contributed by atoms with Crippen molar-refractivity contribution in [3.8, 4) is 0 Å². The summed E-state index contributed by atoms with van der Waals surface area (Å²) in [5.41, 5.74) is 1.11. The van der Waals surface area contributed by atoms with E-state index in [-0.39, 0.29) is 5.82 Å². The topological polar surface area (TPSA) is 12.0 Å². The molecule has 0 amide bonds. The second-order valence-electron chi connectivity index (χ2n) is 4.95. The van der Waals surface area contributed by atoms with Gasteiger partial charge >= 0.3 is 0 Å². The Morgan fingerprint density at radius 2 is 2.31 bits per heavy atom. The van der Waals surface area contributed by atoms with Gasteiger partial charge in [-0.05, 0) is 55.8 Å². The van der Waals surface area contributed by atoms with Gasteiger partial charge in [-0.2, -0.15) is 0 Å². The standard InChI is InChI=1S/C14H20FN/c1-11-7-8-16-14(9-11)6-5-12-3-2-4-13(15)10-12/h2-4,10-11,14,16H,5-9H2,1H3. The summed E-state index contributed by atoms with van der Waals surface area (Å²) >= 11 is 0. The molecule has 2 atom stereocenters. The van der Waals surface area contributed by atoms with Gasteiger partial charge in [-0.1, -0.05) is 19.1 Å². The monoisotopic (exact) mass is 221 g/mol. The summed E-state index contributed by atoms with van der Waals surface area (Å²) in [5.74, 6) is 0.709. The summed E-state index contributed by atoms with van der Waals surface area (Å²) in [4.78, 5) is 0. The van der Waals surface area contributed by atoms with Crippen LogP contribution in [0, 0.1) is 11.7 Å². The van der Waals surface area contributed by atoms with Gasteiger partial charge in [0.15, 0.2) is 0 Å². The molecule has 0 radical (unpaired) electrons. The molecule has 0 aromatic heterocycles. The lowest BCUT2D eigenvalue weighted by molar-refractivity contribution is 0.308. The van der Waals surface area contributed by atoms with E-state index < -0.39 is 0 Å². The fraction of sp³-hybridized carbons (Fsp3) is 0.571. The van der Waals surface area contributed by atoms with Crippen LogP contribution in [0.25, 0.3) is 0 Å². The zero-order valence-corrected chi connectivity index (χ0v) is 9.88. The lowest BCUT2D eigenvalue weighted by Gasteiger charge is -2.28. The van der Waals surface area contributed by atoms with Crippen LogP contribution in [0.5, 0.6) is 0 Å². The molecular formula is C14H20FN. The molecule has 1 aliphatic heterocycles. The third-order valence-electron chi connectivity index (χ3n) is 3.43. The molecule has 1 fully saturated rings. The van der Waals surface area contributed by atoms with Crippen LogP contribution in [0.1, 0.15) is 31.7 Å². The highest BCUT2D eigenvalue weighted by atomic mass is 19.1. The first-order valence-corrected chi connectivity index (χ1v) is 6.22. The average molecular weight is 221 g/mol. The first kappa shape index (κ1) is 11.6. The Hall–Kier alpha value is -0.890. The summed E-state index contributed by atoms with van der Waals surface area (Å²) in [5, 5.41) is 3.54. The number of benzene rings is 1. The maximum absolute atomic E-state index is 13.0. The van der Waals surface area contributed by atoms with Crippen molar-refractivity contribution in [2.45, 2.75) is 38.6 Å². The third-order valence-corrected chi connectivity index (χ3v) is 3.43. The van der Waals surface area contributed by atoms with E-state index in [9.17, 15) is 4.39 Å². The molecule has 16 heavy (non-hydrogen) atoms. The summed E-state index contributed by atoms with van der Waals surface area (Å²) in [6.45, 7) is 3.45. The Labute approximate surface area is 97.1 Å². The van der Waals surface area contributed by atoms with Gasteiger partial charge in [0, 0.05) is 6.04 Å². The van der Waals surface area contributed by atoms with Crippen LogP contribution in [-0.4, -0.2) is 12.6 Å². The summed E-state index contributed by atoms with van der Waals surface area (Å²) in [6.07, 6.45) is 4.64. The first-order chi connectivity index (χ1) is 7.74. The fourth-order valence-electron chi connectivity index (χ4n) is 2.47. The third kappa shape index (κ3) is 3.31. The van der Waals surface area contributed by atoms with E-state index in [1.54, 1.807) is 12.1 Å². The predicted molar refractivity (Wildman–Crippen MR) is 64.9 cm³/mol.